The van der Waals surface area contributed by atoms with Crippen molar-refractivity contribution >= 4 is 0 Å². The van der Waals surface area contributed by atoms with Gasteiger partial charge in [0.05, 0.1) is 12.6 Å². The summed E-state index contributed by atoms with van der Waals surface area (Å²) in [7, 11) is 0. The summed E-state index contributed by atoms with van der Waals surface area (Å²) in [6, 6.07) is 6.71. The van der Waals surface area contributed by atoms with Gasteiger partial charge in [0.25, 0.3) is 0 Å². The molecular weight excluding hydrogens is 212 g/mol. The zero-order valence-electron chi connectivity index (χ0n) is 10.7. The van der Waals surface area contributed by atoms with Crippen molar-refractivity contribution < 1.29 is 5.11 Å². The second-order valence-electron chi connectivity index (χ2n) is 4.91. The SMILES string of the molecule is Cc1cc(C)cc(C(CO)N2CCNCC2)c1. The van der Waals surface area contributed by atoms with Gasteiger partial charge in [-0.3, -0.25) is 4.90 Å². The Morgan fingerprint density at radius 2 is 1.76 bits per heavy atom. The molecule has 0 saturated carbocycles. The Hall–Kier alpha value is -0.900. The molecule has 3 heteroatoms. The first-order valence-corrected chi connectivity index (χ1v) is 6.34. The van der Waals surface area contributed by atoms with Gasteiger partial charge in [0.15, 0.2) is 0 Å². The van der Waals surface area contributed by atoms with E-state index >= 15 is 0 Å². The van der Waals surface area contributed by atoms with E-state index in [4.69, 9.17) is 0 Å². The van der Waals surface area contributed by atoms with E-state index in [1.54, 1.807) is 0 Å². The molecule has 1 aromatic carbocycles. The van der Waals surface area contributed by atoms with Crippen LogP contribution in [0.25, 0.3) is 0 Å². The summed E-state index contributed by atoms with van der Waals surface area (Å²) >= 11 is 0. The van der Waals surface area contributed by atoms with E-state index in [1.807, 2.05) is 0 Å². The van der Waals surface area contributed by atoms with Gasteiger partial charge in [-0.2, -0.15) is 0 Å². The molecule has 0 radical (unpaired) electrons. The summed E-state index contributed by atoms with van der Waals surface area (Å²) < 4.78 is 0. The van der Waals surface area contributed by atoms with Crippen LogP contribution in [0, 0.1) is 13.8 Å². The Kier molecular flexibility index (Phi) is 4.15. The van der Waals surface area contributed by atoms with Crippen LogP contribution >= 0.6 is 0 Å². The van der Waals surface area contributed by atoms with Crippen LogP contribution in [0.5, 0.6) is 0 Å². The molecule has 1 heterocycles. The minimum atomic E-state index is 0.149. The third-order valence-electron chi connectivity index (χ3n) is 3.39. The van der Waals surface area contributed by atoms with Crippen molar-refractivity contribution in [3.63, 3.8) is 0 Å². The Morgan fingerprint density at radius 3 is 2.29 bits per heavy atom. The molecule has 0 aliphatic carbocycles. The number of nitrogens with zero attached hydrogens (tertiary/aromatic N) is 1. The first-order valence-electron chi connectivity index (χ1n) is 6.34. The molecule has 1 unspecified atom stereocenters. The Bertz CT molecular complexity index is 352. The highest BCUT2D eigenvalue weighted by Crippen LogP contribution is 2.22. The fourth-order valence-electron chi connectivity index (χ4n) is 2.63. The highest BCUT2D eigenvalue weighted by atomic mass is 16.3. The molecule has 1 atom stereocenters. The maximum atomic E-state index is 9.65. The largest absolute Gasteiger partial charge is 0.394 e. The second kappa shape index (κ2) is 5.63. The second-order valence-corrected chi connectivity index (χ2v) is 4.91. The maximum Gasteiger partial charge on any atom is 0.0628 e. The van der Waals surface area contributed by atoms with Crippen molar-refractivity contribution in [3.05, 3.63) is 34.9 Å². The minimum Gasteiger partial charge on any atom is -0.394 e. The number of benzene rings is 1. The summed E-state index contributed by atoms with van der Waals surface area (Å²) in [5.74, 6) is 0. The Balaban J connectivity index is 2.21. The molecule has 0 spiro atoms. The van der Waals surface area contributed by atoms with E-state index < -0.39 is 0 Å². The van der Waals surface area contributed by atoms with Crippen LogP contribution in [0.3, 0.4) is 0 Å². The third kappa shape index (κ3) is 3.06. The normalized spacial score (nSPS) is 19.2. The molecule has 1 fully saturated rings. The van der Waals surface area contributed by atoms with Crippen LogP contribution in [-0.4, -0.2) is 42.8 Å². The third-order valence-corrected chi connectivity index (χ3v) is 3.39. The lowest BCUT2D eigenvalue weighted by Crippen LogP contribution is -2.46. The summed E-state index contributed by atoms with van der Waals surface area (Å²) in [5, 5.41) is 13.0. The first-order chi connectivity index (χ1) is 8.20. The first kappa shape index (κ1) is 12.6. The van der Waals surface area contributed by atoms with Gasteiger partial charge in [0.2, 0.25) is 0 Å². The van der Waals surface area contributed by atoms with Crippen LogP contribution in [0.2, 0.25) is 0 Å². The average molecular weight is 234 g/mol. The van der Waals surface area contributed by atoms with Crippen molar-refractivity contribution in [2.75, 3.05) is 32.8 Å². The molecular formula is C14H22N2O. The molecule has 1 saturated heterocycles. The van der Waals surface area contributed by atoms with E-state index in [2.05, 4.69) is 42.3 Å². The lowest BCUT2D eigenvalue weighted by atomic mass is 10.00. The summed E-state index contributed by atoms with van der Waals surface area (Å²) in [6.45, 7) is 8.48. The number of aryl methyl sites for hydroxylation is 2. The lowest BCUT2D eigenvalue weighted by molar-refractivity contribution is 0.111. The fraction of sp³-hybridized carbons (Fsp3) is 0.571. The number of piperazine rings is 1. The molecule has 1 aliphatic heterocycles. The van der Waals surface area contributed by atoms with Crippen molar-refractivity contribution in [1.82, 2.24) is 10.2 Å². The standard InChI is InChI=1S/C14H22N2O/c1-11-7-12(2)9-13(8-11)14(10-17)16-5-3-15-4-6-16/h7-9,14-15,17H,3-6,10H2,1-2H3. The van der Waals surface area contributed by atoms with Gasteiger partial charge in [0.1, 0.15) is 0 Å². The van der Waals surface area contributed by atoms with E-state index in [9.17, 15) is 5.11 Å². The topological polar surface area (TPSA) is 35.5 Å². The van der Waals surface area contributed by atoms with E-state index in [-0.39, 0.29) is 12.6 Å². The molecule has 0 amide bonds. The number of hydrogen-bond donors (Lipinski definition) is 2. The average Bonchev–Trinajstić information content (AvgIpc) is 2.30. The van der Waals surface area contributed by atoms with Gasteiger partial charge < -0.3 is 10.4 Å². The molecule has 1 aliphatic rings. The molecule has 1 aromatic rings. The van der Waals surface area contributed by atoms with Crippen molar-refractivity contribution in [2.45, 2.75) is 19.9 Å². The van der Waals surface area contributed by atoms with Gasteiger partial charge >= 0.3 is 0 Å². The van der Waals surface area contributed by atoms with Crippen LogP contribution in [-0.2, 0) is 0 Å². The smallest absolute Gasteiger partial charge is 0.0628 e. The van der Waals surface area contributed by atoms with Crippen LogP contribution in [0.15, 0.2) is 18.2 Å². The van der Waals surface area contributed by atoms with Gasteiger partial charge in [0, 0.05) is 26.2 Å². The Labute approximate surface area is 103 Å². The molecule has 0 bridgehead atoms. The lowest BCUT2D eigenvalue weighted by Gasteiger charge is -2.34. The minimum absolute atomic E-state index is 0.149. The van der Waals surface area contributed by atoms with Gasteiger partial charge in [-0.1, -0.05) is 29.3 Å². The fourth-order valence-corrected chi connectivity index (χ4v) is 2.63. The highest BCUT2D eigenvalue weighted by Gasteiger charge is 2.21. The monoisotopic (exact) mass is 234 g/mol. The summed E-state index contributed by atoms with van der Waals surface area (Å²) in [5.41, 5.74) is 3.79. The molecule has 2 rings (SSSR count). The van der Waals surface area contributed by atoms with Crippen molar-refractivity contribution in [2.24, 2.45) is 0 Å². The number of aliphatic hydroxyl groups excluding tert-OH is 1. The van der Waals surface area contributed by atoms with Crippen LogP contribution < -0.4 is 5.32 Å². The van der Waals surface area contributed by atoms with E-state index in [0.717, 1.165) is 26.2 Å². The molecule has 17 heavy (non-hydrogen) atoms. The van der Waals surface area contributed by atoms with E-state index in [0.29, 0.717) is 0 Å². The molecule has 94 valence electrons. The van der Waals surface area contributed by atoms with Gasteiger partial charge in [-0.05, 0) is 19.4 Å². The van der Waals surface area contributed by atoms with Crippen LogP contribution in [0.4, 0.5) is 0 Å². The van der Waals surface area contributed by atoms with Crippen molar-refractivity contribution in [1.29, 1.82) is 0 Å². The zero-order chi connectivity index (χ0) is 12.3. The van der Waals surface area contributed by atoms with Crippen LogP contribution in [0.1, 0.15) is 22.7 Å². The predicted octanol–water partition coefficient (Wildman–Crippen LogP) is 1.24. The molecule has 2 N–H and O–H groups in total. The quantitative estimate of drug-likeness (QED) is 0.826. The highest BCUT2D eigenvalue weighted by molar-refractivity contribution is 5.30. The van der Waals surface area contributed by atoms with Gasteiger partial charge in [-0.15, -0.1) is 0 Å². The molecule has 0 aromatic heterocycles. The number of aliphatic hydroxyl groups is 1. The summed E-state index contributed by atoms with van der Waals surface area (Å²) in [4.78, 5) is 2.37. The van der Waals surface area contributed by atoms with Gasteiger partial charge in [-0.25, -0.2) is 0 Å². The number of nitrogens with one attached hydrogen (secondary N) is 1. The number of rotatable bonds is 3. The maximum absolute atomic E-state index is 9.65. The van der Waals surface area contributed by atoms with Crippen molar-refractivity contribution in [3.8, 4) is 0 Å². The zero-order valence-corrected chi connectivity index (χ0v) is 10.7. The summed E-state index contributed by atoms with van der Waals surface area (Å²) in [6.07, 6.45) is 0. The number of hydrogen-bond acceptors (Lipinski definition) is 3. The predicted molar refractivity (Wildman–Crippen MR) is 70.2 cm³/mol. The van der Waals surface area contributed by atoms with E-state index in [1.165, 1.54) is 16.7 Å². The Morgan fingerprint density at radius 1 is 1.18 bits per heavy atom. The molecule has 3 nitrogen and oxygen atoms in total.